The van der Waals surface area contributed by atoms with Crippen molar-refractivity contribution in [1.82, 2.24) is 0 Å². The fraction of sp³-hybridized carbons (Fsp3) is 0.130. The molecule has 5 rings (SSSR count). The summed E-state index contributed by atoms with van der Waals surface area (Å²) < 4.78 is 4.51. The largest absolute Gasteiger partial charge is 0.0529 e. The van der Waals surface area contributed by atoms with Crippen molar-refractivity contribution < 1.29 is 0 Å². The van der Waals surface area contributed by atoms with Crippen LogP contribution >= 0.6 is 63.7 Å². The molecule has 0 atom stereocenters. The molecule has 0 heterocycles. The molecule has 0 nitrogen and oxygen atoms in total. The fourth-order valence-corrected chi connectivity index (χ4v) is 6.35. The van der Waals surface area contributed by atoms with Crippen LogP contribution in [0.3, 0.4) is 0 Å². The fourth-order valence-electron chi connectivity index (χ4n) is 4.30. The van der Waals surface area contributed by atoms with Gasteiger partial charge in [-0.3, -0.25) is 0 Å². The van der Waals surface area contributed by atoms with E-state index < -0.39 is 0 Å². The van der Waals surface area contributed by atoms with Crippen molar-refractivity contribution in [2.75, 3.05) is 0 Å². The smallest absolute Gasteiger partial charge is 0.0333 e. The van der Waals surface area contributed by atoms with E-state index in [0.29, 0.717) is 0 Å². The first-order chi connectivity index (χ1) is 12.8. The van der Waals surface area contributed by atoms with Gasteiger partial charge in [-0.15, -0.1) is 0 Å². The van der Waals surface area contributed by atoms with E-state index in [9.17, 15) is 0 Å². The number of hydrogen-bond acceptors (Lipinski definition) is 0. The molecule has 0 radical (unpaired) electrons. The maximum absolute atomic E-state index is 3.89. The standard InChI is InChI=1S/C23H14Br4/c1-23(2)19-8-12(25)3-5-13(19)15-9-17-18(10-20(15)23)21(26)14-6-4-11(24)7-16(14)22(17)27/h3-10H,1-2H3. The van der Waals surface area contributed by atoms with Gasteiger partial charge in [-0.1, -0.05) is 57.8 Å². The zero-order valence-corrected chi connectivity index (χ0v) is 21.0. The van der Waals surface area contributed by atoms with E-state index in [1.165, 1.54) is 43.8 Å². The van der Waals surface area contributed by atoms with Crippen LogP contribution in [0.2, 0.25) is 0 Å². The summed E-state index contributed by atoms with van der Waals surface area (Å²) in [5.41, 5.74) is 5.40. The predicted molar refractivity (Wildman–Crippen MR) is 130 cm³/mol. The minimum absolute atomic E-state index is 0.0246. The van der Waals surface area contributed by atoms with E-state index in [0.717, 1.165) is 17.9 Å². The van der Waals surface area contributed by atoms with Gasteiger partial charge in [0.05, 0.1) is 0 Å². The van der Waals surface area contributed by atoms with Crippen LogP contribution in [-0.4, -0.2) is 0 Å². The zero-order valence-electron chi connectivity index (χ0n) is 14.6. The molecule has 0 bridgehead atoms. The Kier molecular flexibility index (Phi) is 4.19. The minimum Gasteiger partial charge on any atom is -0.0529 e. The molecule has 1 aliphatic rings. The summed E-state index contributed by atoms with van der Waals surface area (Å²) in [5, 5.41) is 4.90. The highest BCUT2D eigenvalue weighted by Gasteiger charge is 2.36. The first-order valence-electron chi connectivity index (χ1n) is 8.64. The average Bonchev–Trinajstić information content (AvgIpc) is 2.85. The Morgan fingerprint density at radius 1 is 0.556 bits per heavy atom. The van der Waals surface area contributed by atoms with Crippen LogP contribution in [0.4, 0.5) is 0 Å². The molecule has 4 heteroatoms. The second-order valence-corrected chi connectivity index (χ2v) is 11.0. The number of benzene rings is 4. The molecule has 0 aliphatic heterocycles. The van der Waals surface area contributed by atoms with Crippen LogP contribution in [0.15, 0.2) is 66.4 Å². The maximum atomic E-state index is 3.89. The van der Waals surface area contributed by atoms with Crippen molar-refractivity contribution >= 4 is 85.3 Å². The summed E-state index contributed by atoms with van der Waals surface area (Å²) in [4.78, 5) is 0. The van der Waals surface area contributed by atoms with Crippen molar-refractivity contribution in [3.8, 4) is 11.1 Å². The van der Waals surface area contributed by atoms with Gasteiger partial charge in [-0.2, -0.15) is 0 Å². The molecule has 0 saturated heterocycles. The topological polar surface area (TPSA) is 0 Å². The first-order valence-corrected chi connectivity index (χ1v) is 11.8. The normalized spacial score (nSPS) is 14.6. The Hall–Kier alpha value is -0.680. The highest BCUT2D eigenvalue weighted by molar-refractivity contribution is 9.11. The van der Waals surface area contributed by atoms with Crippen LogP contribution in [0.25, 0.3) is 32.7 Å². The summed E-state index contributed by atoms with van der Waals surface area (Å²) in [6, 6.07) is 17.8. The lowest BCUT2D eigenvalue weighted by atomic mass is 9.82. The highest BCUT2D eigenvalue weighted by atomic mass is 79.9. The van der Waals surface area contributed by atoms with E-state index in [2.05, 4.69) is 126 Å². The zero-order chi connectivity index (χ0) is 19.1. The molecule has 4 aromatic carbocycles. The summed E-state index contributed by atoms with van der Waals surface area (Å²) >= 11 is 15.0. The Labute approximate surface area is 191 Å². The Bertz CT molecular complexity index is 1290. The van der Waals surface area contributed by atoms with Crippen LogP contribution < -0.4 is 0 Å². The number of rotatable bonds is 0. The van der Waals surface area contributed by atoms with Crippen LogP contribution in [-0.2, 0) is 5.41 Å². The second kappa shape index (κ2) is 6.16. The van der Waals surface area contributed by atoms with E-state index in [-0.39, 0.29) is 5.41 Å². The Balaban J connectivity index is 1.95. The van der Waals surface area contributed by atoms with E-state index >= 15 is 0 Å². The van der Waals surface area contributed by atoms with Gasteiger partial charge in [0.2, 0.25) is 0 Å². The molecule has 0 unspecified atom stereocenters. The van der Waals surface area contributed by atoms with Gasteiger partial charge in [0.25, 0.3) is 0 Å². The third-order valence-corrected chi connectivity index (χ3v) is 8.40. The Morgan fingerprint density at radius 3 is 1.89 bits per heavy atom. The Morgan fingerprint density at radius 2 is 1.11 bits per heavy atom. The molecule has 134 valence electrons. The average molecular weight is 610 g/mol. The third kappa shape index (κ3) is 2.56. The van der Waals surface area contributed by atoms with Gasteiger partial charge in [0.15, 0.2) is 0 Å². The third-order valence-electron chi connectivity index (χ3n) is 5.70. The maximum Gasteiger partial charge on any atom is 0.0333 e. The van der Waals surface area contributed by atoms with Gasteiger partial charge >= 0.3 is 0 Å². The molecule has 4 aromatic rings. The van der Waals surface area contributed by atoms with Crippen LogP contribution in [0, 0.1) is 0 Å². The molecule has 0 N–H and O–H groups in total. The van der Waals surface area contributed by atoms with Crippen molar-refractivity contribution in [2.24, 2.45) is 0 Å². The highest BCUT2D eigenvalue weighted by Crippen LogP contribution is 2.52. The lowest BCUT2D eigenvalue weighted by Crippen LogP contribution is -2.15. The molecule has 1 aliphatic carbocycles. The van der Waals surface area contributed by atoms with E-state index in [1.54, 1.807) is 0 Å². The molecule has 27 heavy (non-hydrogen) atoms. The number of halogens is 4. The molecular formula is C23H14Br4. The van der Waals surface area contributed by atoms with Crippen molar-refractivity contribution in [3.05, 3.63) is 77.5 Å². The SMILES string of the molecule is CC1(C)c2cc(Br)ccc2-c2cc3c(Br)c4cc(Br)ccc4c(Br)c3cc21. The van der Waals surface area contributed by atoms with Gasteiger partial charge in [0.1, 0.15) is 0 Å². The summed E-state index contributed by atoms with van der Waals surface area (Å²) in [6.45, 7) is 4.63. The molecule has 0 spiro atoms. The van der Waals surface area contributed by atoms with Gasteiger partial charge < -0.3 is 0 Å². The second-order valence-electron chi connectivity index (χ2n) is 7.58. The molecule has 0 fully saturated rings. The van der Waals surface area contributed by atoms with Crippen LogP contribution in [0.5, 0.6) is 0 Å². The van der Waals surface area contributed by atoms with Gasteiger partial charge in [-0.05, 0) is 112 Å². The minimum atomic E-state index is -0.0246. The summed E-state index contributed by atoms with van der Waals surface area (Å²) in [7, 11) is 0. The van der Waals surface area contributed by atoms with Crippen molar-refractivity contribution in [2.45, 2.75) is 19.3 Å². The monoisotopic (exact) mass is 606 g/mol. The van der Waals surface area contributed by atoms with Gasteiger partial charge in [-0.25, -0.2) is 0 Å². The quantitative estimate of drug-likeness (QED) is 0.174. The number of fused-ring (bicyclic) bond motifs is 5. The van der Waals surface area contributed by atoms with E-state index in [1.807, 2.05) is 0 Å². The first kappa shape index (κ1) is 18.4. The van der Waals surface area contributed by atoms with Gasteiger partial charge in [0, 0.05) is 23.3 Å². The molecule has 0 aromatic heterocycles. The lowest BCUT2D eigenvalue weighted by Gasteiger charge is -2.22. The number of hydrogen-bond donors (Lipinski definition) is 0. The molecular weight excluding hydrogens is 596 g/mol. The van der Waals surface area contributed by atoms with Crippen molar-refractivity contribution in [3.63, 3.8) is 0 Å². The molecule has 0 amide bonds. The molecule has 0 saturated carbocycles. The lowest BCUT2D eigenvalue weighted by molar-refractivity contribution is 0.661. The van der Waals surface area contributed by atoms with Crippen molar-refractivity contribution in [1.29, 1.82) is 0 Å². The summed E-state index contributed by atoms with van der Waals surface area (Å²) in [6.07, 6.45) is 0. The predicted octanol–water partition coefficient (Wildman–Crippen LogP) is 9.35. The van der Waals surface area contributed by atoms with Crippen LogP contribution in [0.1, 0.15) is 25.0 Å². The summed E-state index contributed by atoms with van der Waals surface area (Å²) in [5.74, 6) is 0. The van der Waals surface area contributed by atoms with E-state index in [4.69, 9.17) is 0 Å².